The third kappa shape index (κ3) is 7.37. The zero-order valence-corrected chi connectivity index (χ0v) is 29.4. The second-order valence-corrected chi connectivity index (χ2v) is 14.9. The van der Waals surface area contributed by atoms with Crippen LogP contribution < -0.4 is 16.0 Å². The molecule has 3 saturated carbocycles. The van der Waals surface area contributed by atoms with Gasteiger partial charge in [-0.1, -0.05) is 30.7 Å². The molecule has 4 fully saturated rings. The Morgan fingerprint density at radius 2 is 1.22 bits per heavy atom. The summed E-state index contributed by atoms with van der Waals surface area (Å²) in [7, 11) is 0. The molecule has 0 atom stereocenters. The van der Waals surface area contributed by atoms with Crippen molar-refractivity contribution in [2.24, 2.45) is 0 Å². The summed E-state index contributed by atoms with van der Waals surface area (Å²) in [5.41, 5.74) is 11.4. The van der Waals surface area contributed by atoms with Crippen molar-refractivity contribution in [1.82, 2.24) is 20.2 Å². The van der Waals surface area contributed by atoms with Crippen LogP contribution in [-0.2, 0) is 13.1 Å². The average Bonchev–Trinajstić information content (AvgIpc) is 3.96. The van der Waals surface area contributed by atoms with Gasteiger partial charge in [0.25, 0.3) is 11.8 Å². The molecule has 50 heavy (non-hydrogen) atoms. The first-order valence-electron chi connectivity index (χ1n) is 18.7. The third-order valence-corrected chi connectivity index (χ3v) is 11.0. The second-order valence-electron chi connectivity index (χ2n) is 14.9. The lowest BCUT2D eigenvalue weighted by Gasteiger charge is -2.27. The Hall–Kier alpha value is -4.40. The molecule has 2 aromatic heterocycles. The molecular weight excluding hydrogens is 621 g/mol. The lowest BCUT2D eigenvalue weighted by atomic mass is 9.94. The number of carbonyl (C=O) groups excluding carboxylic acids is 2. The highest BCUT2D eigenvalue weighted by atomic mass is 16.2. The minimum absolute atomic E-state index is 0.193. The molecule has 0 bridgehead atoms. The van der Waals surface area contributed by atoms with Crippen LogP contribution in [0.3, 0.4) is 0 Å². The zero-order valence-electron chi connectivity index (χ0n) is 29.4. The molecule has 3 heterocycles. The number of amides is 2. The van der Waals surface area contributed by atoms with Gasteiger partial charge in [0, 0.05) is 42.9 Å². The van der Waals surface area contributed by atoms with Crippen molar-refractivity contribution in [1.29, 1.82) is 0 Å². The van der Waals surface area contributed by atoms with Crippen LogP contribution in [-0.4, -0.2) is 45.8 Å². The molecule has 1 aliphatic heterocycles. The number of aromatic nitrogens is 2. The standard InChI is InChI=1S/C42H48N6O2/c1-26-33(8-6-10-37(26)46-41(49)39-20-35(28-12-13-28)30(23-44-39)22-43-32-16-17-32)34-9-7-11-38(27(34)2)47-42(50)40-21-36(29-14-15-29)31(24-45-40)25-48-18-4-3-5-19-48/h6-11,20-21,23-24,28-29,32,43H,3-5,12-19,22,25H2,1-2H3,(H,46,49)(H,47,50). The van der Waals surface area contributed by atoms with Crippen LogP contribution in [0.5, 0.6) is 0 Å². The lowest BCUT2D eigenvalue weighted by Crippen LogP contribution is -2.29. The first-order chi connectivity index (χ1) is 24.4. The number of nitrogens with zero attached hydrogens (tertiary/aromatic N) is 3. The van der Waals surface area contributed by atoms with Crippen LogP contribution in [0.25, 0.3) is 11.1 Å². The largest absolute Gasteiger partial charge is 0.320 e. The fraction of sp³-hybridized carbons (Fsp3) is 0.429. The van der Waals surface area contributed by atoms with Gasteiger partial charge in [0.1, 0.15) is 11.4 Å². The Labute approximate surface area is 295 Å². The highest BCUT2D eigenvalue weighted by Gasteiger charge is 2.30. The molecule has 4 aromatic rings. The highest BCUT2D eigenvalue weighted by molar-refractivity contribution is 6.05. The molecular formula is C42H48N6O2. The van der Waals surface area contributed by atoms with Gasteiger partial charge in [0.15, 0.2) is 0 Å². The van der Waals surface area contributed by atoms with Crippen LogP contribution in [0.2, 0.25) is 0 Å². The van der Waals surface area contributed by atoms with Crippen molar-refractivity contribution in [2.45, 2.75) is 103 Å². The van der Waals surface area contributed by atoms with Gasteiger partial charge >= 0.3 is 0 Å². The van der Waals surface area contributed by atoms with E-state index in [0.29, 0.717) is 29.3 Å². The summed E-state index contributed by atoms with van der Waals surface area (Å²) in [6.07, 6.45) is 14.9. The molecule has 3 N–H and O–H groups in total. The first-order valence-corrected chi connectivity index (χ1v) is 18.7. The maximum absolute atomic E-state index is 13.6. The number of benzene rings is 2. The number of piperidine rings is 1. The minimum atomic E-state index is -0.202. The van der Waals surface area contributed by atoms with Gasteiger partial charge in [-0.05, 0) is 159 Å². The summed E-state index contributed by atoms with van der Waals surface area (Å²) in [6, 6.07) is 16.6. The number of nitrogens with one attached hydrogen (secondary N) is 3. The molecule has 8 rings (SSSR count). The van der Waals surface area contributed by atoms with E-state index in [1.807, 2.05) is 62.6 Å². The SMILES string of the molecule is Cc1c(NC(=O)c2cc(C3CC3)c(CNC3CC3)cn2)cccc1-c1cccc(NC(=O)c2cc(C3CC3)c(CN3CCCCC3)cn2)c1C. The predicted octanol–water partition coefficient (Wildman–Crippen LogP) is 8.26. The summed E-state index contributed by atoms with van der Waals surface area (Å²) >= 11 is 0. The van der Waals surface area contributed by atoms with Gasteiger partial charge < -0.3 is 16.0 Å². The fourth-order valence-electron chi connectivity index (χ4n) is 7.47. The second kappa shape index (κ2) is 14.1. The van der Waals surface area contributed by atoms with E-state index in [1.165, 1.54) is 80.0 Å². The van der Waals surface area contributed by atoms with Crippen LogP contribution in [0.1, 0.15) is 124 Å². The summed E-state index contributed by atoms with van der Waals surface area (Å²) in [5.74, 6) is 0.671. The minimum Gasteiger partial charge on any atom is -0.320 e. The van der Waals surface area contributed by atoms with Crippen LogP contribution in [0, 0.1) is 13.8 Å². The van der Waals surface area contributed by atoms with E-state index in [9.17, 15) is 9.59 Å². The Kier molecular flexibility index (Phi) is 9.23. The van der Waals surface area contributed by atoms with Crippen molar-refractivity contribution >= 4 is 23.2 Å². The molecule has 3 aliphatic carbocycles. The van der Waals surface area contributed by atoms with E-state index in [1.54, 1.807) is 0 Å². The van der Waals surface area contributed by atoms with Crippen molar-refractivity contribution in [2.75, 3.05) is 23.7 Å². The molecule has 1 saturated heterocycles. The fourth-order valence-corrected chi connectivity index (χ4v) is 7.47. The molecule has 2 aromatic carbocycles. The number of pyridine rings is 2. The smallest absolute Gasteiger partial charge is 0.274 e. The van der Waals surface area contributed by atoms with Gasteiger partial charge in [-0.15, -0.1) is 0 Å². The lowest BCUT2D eigenvalue weighted by molar-refractivity contribution is 0.101. The highest BCUT2D eigenvalue weighted by Crippen LogP contribution is 2.43. The Balaban J connectivity index is 0.983. The van der Waals surface area contributed by atoms with Gasteiger partial charge in [0.05, 0.1) is 0 Å². The zero-order chi connectivity index (χ0) is 34.2. The Morgan fingerprint density at radius 3 is 1.74 bits per heavy atom. The molecule has 2 amide bonds. The van der Waals surface area contributed by atoms with E-state index < -0.39 is 0 Å². The van der Waals surface area contributed by atoms with Crippen molar-refractivity contribution in [3.05, 3.63) is 106 Å². The Morgan fingerprint density at radius 1 is 0.700 bits per heavy atom. The number of likely N-dealkylation sites (tertiary alicyclic amines) is 1. The number of hydrogen-bond acceptors (Lipinski definition) is 6. The molecule has 0 unspecified atom stereocenters. The number of anilines is 2. The summed E-state index contributed by atoms with van der Waals surface area (Å²) < 4.78 is 0. The van der Waals surface area contributed by atoms with Crippen molar-refractivity contribution in [3.63, 3.8) is 0 Å². The molecule has 8 nitrogen and oxygen atoms in total. The number of carbonyl (C=O) groups is 2. The quantitative estimate of drug-likeness (QED) is 0.141. The van der Waals surface area contributed by atoms with Gasteiger partial charge in [-0.2, -0.15) is 0 Å². The van der Waals surface area contributed by atoms with Gasteiger partial charge in [-0.3, -0.25) is 24.5 Å². The molecule has 0 radical (unpaired) electrons. The van der Waals surface area contributed by atoms with E-state index in [-0.39, 0.29) is 11.8 Å². The van der Waals surface area contributed by atoms with Crippen molar-refractivity contribution < 1.29 is 9.59 Å². The first kappa shape index (κ1) is 32.8. The van der Waals surface area contributed by atoms with E-state index in [0.717, 1.165) is 59.8 Å². The Bertz CT molecular complexity index is 1920. The van der Waals surface area contributed by atoms with E-state index >= 15 is 0 Å². The topological polar surface area (TPSA) is 99.2 Å². The predicted molar refractivity (Wildman–Crippen MR) is 199 cm³/mol. The normalized spacial score (nSPS) is 17.8. The maximum atomic E-state index is 13.6. The monoisotopic (exact) mass is 668 g/mol. The molecule has 4 aliphatic rings. The molecule has 258 valence electrons. The van der Waals surface area contributed by atoms with Crippen LogP contribution in [0.4, 0.5) is 11.4 Å². The molecule has 8 heteroatoms. The number of rotatable bonds is 12. The van der Waals surface area contributed by atoms with Crippen LogP contribution >= 0.6 is 0 Å². The average molecular weight is 669 g/mol. The number of hydrogen-bond donors (Lipinski definition) is 3. The van der Waals surface area contributed by atoms with Crippen LogP contribution in [0.15, 0.2) is 60.9 Å². The summed E-state index contributed by atoms with van der Waals surface area (Å²) in [6.45, 7) is 8.07. The summed E-state index contributed by atoms with van der Waals surface area (Å²) in [4.78, 5) is 38.9. The summed E-state index contributed by atoms with van der Waals surface area (Å²) in [5, 5.41) is 9.90. The van der Waals surface area contributed by atoms with E-state index in [2.05, 4.69) is 43.0 Å². The van der Waals surface area contributed by atoms with E-state index in [4.69, 9.17) is 0 Å². The van der Waals surface area contributed by atoms with Gasteiger partial charge in [0.2, 0.25) is 0 Å². The molecule has 0 spiro atoms. The third-order valence-electron chi connectivity index (χ3n) is 11.0. The van der Waals surface area contributed by atoms with Gasteiger partial charge in [-0.25, -0.2) is 0 Å². The van der Waals surface area contributed by atoms with Crippen molar-refractivity contribution in [3.8, 4) is 11.1 Å². The maximum Gasteiger partial charge on any atom is 0.274 e.